The average Bonchev–Trinajstić information content (AvgIpc) is 2.54. The summed E-state index contributed by atoms with van der Waals surface area (Å²) in [6, 6.07) is 11.8. The summed E-state index contributed by atoms with van der Waals surface area (Å²) in [6.07, 6.45) is 0.658. The fourth-order valence-electron chi connectivity index (χ4n) is 2.68. The van der Waals surface area contributed by atoms with E-state index in [1.807, 2.05) is 24.3 Å². The zero-order valence-corrected chi connectivity index (χ0v) is 13.8. The molecule has 1 heterocycles. The highest BCUT2D eigenvalue weighted by Gasteiger charge is 2.29. The summed E-state index contributed by atoms with van der Waals surface area (Å²) in [6.45, 7) is 0.709. The van der Waals surface area contributed by atoms with Crippen molar-refractivity contribution >= 4 is 27.5 Å². The number of carbonyl (C=O) groups excluding carboxylic acids is 1. The topological polar surface area (TPSA) is 80.5 Å². The maximum absolute atomic E-state index is 12.8. The van der Waals surface area contributed by atoms with Gasteiger partial charge in [-0.15, -0.1) is 0 Å². The molecular formula is C16H15ClN2O3S. The van der Waals surface area contributed by atoms with E-state index in [1.165, 1.54) is 22.5 Å². The number of rotatable bonds is 3. The van der Waals surface area contributed by atoms with E-state index in [9.17, 15) is 13.2 Å². The van der Waals surface area contributed by atoms with Crippen LogP contribution >= 0.6 is 11.6 Å². The highest BCUT2D eigenvalue weighted by atomic mass is 35.5. The molecule has 1 amide bonds. The fraction of sp³-hybridized carbons (Fsp3) is 0.188. The summed E-state index contributed by atoms with van der Waals surface area (Å²) < 4.78 is 27.0. The Morgan fingerprint density at radius 2 is 1.83 bits per heavy atom. The first-order valence-corrected chi connectivity index (χ1v) is 8.87. The van der Waals surface area contributed by atoms with E-state index >= 15 is 0 Å². The smallest absolute Gasteiger partial charge is 0.250 e. The lowest BCUT2D eigenvalue weighted by Crippen LogP contribution is -2.36. The molecule has 0 spiro atoms. The van der Waals surface area contributed by atoms with Gasteiger partial charge in [0.25, 0.3) is 0 Å². The molecule has 0 saturated carbocycles. The summed E-state index contributed by atoms with van der Waals surface area (Å²) in [5.41, 5.74) is 7.39. The van der Waals surface area contributed by atoms with Gasteiger partial charge in [0.15, 0.2) is 0 Å². The number of nitrogens with zero attached hydrogens (tertiary/aromatic N) is 1. The van der Waals surface area contributed by atoms with Crippen LogP contribution in [0.5, 0.6) is 0 Å². The molecular weight excluding hydrogens is 336 g/mol. The molecule has 1 aliphatic heterocycles. The lowest BCUT2D eigenvalue weighted by atomic mass is 10.0. The second-order valence-corrected chi connectivity index (χ2v) is 7.71. The predicted molar refractivity (Wildman–Crippen MR) is 87.7 cm³/mol. The molecule has 1 aliphatic rings. The number of benzene rings is 2. The molecule has 5 nitrogen and oxygen atoms in total. The Morgan fingerprint density at radius 1 is 1.13 bits per heavy atom. The molecule has 2 aromatic carbocycles. The van der Waals surface area contributed by atoms with Crippen LogP contribution in [0.1, 0.15) is 21.5 Å². The Labute approximate surface area is 139 Å². The van der Waals surface area contributed by atoms with Crippen molar-refractivity contribution in [3.8, 4) is 0 Å². The molecule has 0 fully saturated rings. The van der Waals surface area contributed by atoms with Crippen molar-refractivity contribution in [2.45, 2.75) is 17.9 Å². The number of sulfonamides is 1. The van der Waals surface area contributed by atoms with E-state index in [2.05, 4.69) is 0 Å². The van der Waals surface area contributed by atoms with Crippen LogP contribution in [0, 0.1) is 0 Å². The van der Waals surface area contributed by atoms with Gasteiger partial charge in [0.2, 0.25) is 15.9 Å². The van der Waals surface area contributed by atoms with Crippen molar-refractivity contribution in [2.24, 2.45) is 5.73 Å². The summed E-state index contributed by atoms with van der Waals surface area (Å²) in [5, 5.41) is 0.139. The molecule has 2 aromatic rings. The second kappa shape index (κ2) is 5.96. The van der Waals surface area contributed by atoms with Crippen LogP contribution in [0.25, 0.3) is 0 Å². The number of amides is 1. The molecule has 0 bridgehead atoms. The van der Waals surface area contributed by atoms with Gasteiger partial charge in [-0.25, -0.2) is 8.42 Å². The SMILES string of the molecule is NC(=O)c1cc(S(=O)(=O)N2CCc3ccccc3C2)ccc1Cl. The normalized spacial score (nSPS) is 15.2. The van der Waals surface area contributed by atoms with Gasteiger partial charge >= 0.3 is 0 Å². The summed E-state index contributed by atoms with van der Waals surface area (Å²) in [5.74, 6) is -0.754. The Bertz CT molecular complexity index is 881. The minimum Gasteiger partial charge on any atom is -0.366 e. The lowest BCUT2D eigenvalue weighted by Gasteiger charge is -2.28. The van der Waals surface area contributed by atoms with Gasteiger partial charge in [0.05, 0.1) is 15.5 Å². The van der Waals surface area contributed by atoms with Crippen molar-refractivity contribution in [1.29, 1.82) is 0 Å². The van der Waals surface area contributed by atoms with Crippen LogP contribution in [0.3, 0.4) is 0 Å². The van der Waals surface area contributed by atoms with E-state index in [0.717, 1.165) is 11.1 Å². The predicted octanol–water partition coefficient (Wildman–Crippen LogP) is 2.19. The van der Waals surface area contributed by atoms with E-state index in [0.29, 0.717) is 19.5 Å². The molecule has 23 heavy (non-hydrogen) atoms. The van der Waals surface area contributed by atoms with Crippen molar-refractivity contribution in [1.82, 2.24) is 4.31 Å². The third-order valence-corrected chi connectivity index (χ3v) is 6.11. The third-order valence-electron chi connectivity index (χ3n) is 3.94. The molecule has 120 valence electrons. The summed E-state index contributed by atoms with van der Waals surface area (Å²) in [4.78, 5) is 11.4. The number of fused-ring (bicyclic) bond motifs is 1. The molecule has 0 saturated heterocycles. The van der Waals surface area contributed by atoms with E-state index in [4.69, 9.17) is 17.3 Å². The van der Waals surface area contributed by atoms with Gasteiger partial charge in [-0.2, -0.15) is 4.31 Å². The molecule has 2 N–H and O–H groups in total. The quantitative estimate of drug-likeness (QED) is 0.921. The molecule has 0 aromatic heterocycles. The Balaban J connectivity index is 1.97. The van der Waals surface area contributed by atoms with Gasteiger partial charge in [-0.05, 0) is 35.7 Å². The van der Waals surface area contributed by atoms with Crippen LogP contribution in [-0.4, -0.2) is 25.2 Å². The Kier molecular flexibility index (Phi) is 4.14. The van der Waals surface area contributed by atoms with Crippen LogP contribution in [-0.2, 0) is 23.0 Å². The zero-order valence-electron chi connectivity index (χ0n) is 12.2. The standard InChI is InChI=1S/C16H15ClN2O3S/c17-15-6-5-13(9-14(15)16(18)20)23(21,22)19-8-7-11-3-1-2-4-12(11)10-19/h1-6,9H,7-8,10H2,(H2,18,20). The monoisotopic (exact) mass is 350 g/mol. The van der Waals surface area contributed by atoms with E-state index in [-0.39, 0.29) is 15.5 Å². The van der Waals surface area contributed by atoms with Crippen molar-refractivity contribution in [3.63, 3.8) is 0 Å². The highest BCUT2D eigenvalue weighted by Crippen LogP contribution is 2.27. The van der Waals surface area contributed by atoms with Gasteiger partial charge in [0, 0.05) is 13.1 Å². The van der Waals surface area contributed by atoms with Crippen LogP contribution in [0.15, 0.2) is 47.4 Å². The molecule has 3 rings (SSSR count). The first-order valence-electron chi connectivity index (χ1n) is 7.06. The second-order valence-electron chi connectivity index (χ2n) is 5.36. The largest absolute Gasteiger partial charge is 0.366 e. The van der Waals surface area contributed by atoms with Crippen LogP contribution in [0.4, 0.5) is 0 Å². The molecule has 0 aliphatic carbocycles. The average molecular weight is 351 g/mol. The van der Waals surface area contributed by atoms with Crippen LogP contribution in [0.2, 0.25) is 5.02 Å². The van der Waals surface area contributed by atoms with E-state index < -0.39 is 15.9 Å². The van der Waals surface area contributed by atoms with Crippen molar-refractivity contribution in [3.05, 3.63) is 64.2 Å². The van der Waals surface area contributed by atoms with Gasteiger partial charge in [-0.3, -0.25) is 4.79 Å². The number of nitrogens with two attached hydrogens (primary N) is 1. The van der Waals surface area contributed by atoms with Crippen molar-refractivity contribution in [2.75, 3.05) is 6.54 Å². The maximum atomic E-state index is 12.8. The Hall–Kier alpha value is -1.89. The lowest BCUT2D eigenvalue weighted by molar-refractivity contribution is 0.1000. The third kappa shape index (κ3) is 2.97. The first kappa shape index (κ1) is 16.0. The number of halogens is 1. The number of primary amides is 1. The molecule has 7 heteroatoms. The summed E-state index contributed by atoms with van der Waals surface area (Å²) >= 11 is 5.88. The first-order chi connectivity index (χ1) is 10.9. The molecule has 0 unspecified atom stereocenters. The summed E-state index contributed by atoms with van der Waals surface area (Å²) in [7, 11) is -3.71. The van der Waals surface area contributed by atoms with Gasteiger partial charge in [0.1, 0.15) is 0 Å². The van der Waals surface area contributed by atoms with Gasteiger partial charge in [-0.1, -0.05) is 35.9 Å². The number of carbonyl (C=O) groups is 1. The molecule has 0 radical (unpaired) electrons. The highest BCUT2D eigenvalue weighted by molar-refractivity contribution is 7.89. The van der Waals surface area contributed by atoms with Crippen LogP contribution < -0.4 is 5.73 Å². The van der Waals surface area contributed by atoms with Crippen molar-refractivity contribution < 1.29 is 13.2 Å². The minimum atomic E-state index is -3.71. The zero-order chi connectivity index (χ0) is 16.6. The Morgan fingerprint density at radius 3 is 2.52 bits per heavy atom. The van der Waals surface area contributed by atoms with E-state index in [1.54, 1.807) is 0 Å². The maximum Gasteiger partial charge on any atom is 0.250 e. The number of hydrogen-bond donors (Lipinski definition) is 1. The van der Waals surface area contributed by atoms with Gasteiger partial charge < -0.3 is 5.73 Å². The molecule has 0 atom stereocenters. The minimum absolute atomic E-state index is 0.00477. The number of hydrogen-bond acceptors (Lipinski definition) is 3. The fourth-order valence-corrected chi connectivity index (χ4v) is 4.33.